The zero-order valence-electron chi connectivity index (χ0n) is 11.7. The summed E-state index contributed by atoms with van der Waals surface area (Å²) in [6, 6.07) is 6.52. The minimum absolute atomic E-state index is 0.103. The number of alkyl halides is 6. The lowest BCUT2D eigenvalue weighted by atomic mass is 9.96. The van der Waals surface area contributed by atoms with Crippen molar-refractivity contribution in [3.63, 3.8) is 0 Å². The molecule has 0 aliphatic carbocycles. The van der Waals surface area contributed by atoms with E-state index in [2.05, 4.69) is 0 Å². The first kappa shape index (κ1) is 16.4. The summed E-state index contributed by atoms with van der Waals surface area (Å²) in [4.78, 5) is 0. The Morgan fingerprint density at radius 1 is 0.545 bits per heavy atom. The summed E-state index contributed by atoms with van der Waals surface area (Å²) < 4.78 is 77.1. The molecular formula is C16H12F6. The second-order valence-electron chi connectivity index (χ2n) is 5.17. The van der Waals surface area contributed by atoms with Crippen LogP contribution in [0.4, 0.5) is 26.3 Å². The van der Waals surface area contributed by atoms with Crippen molar-refractivity contribution in [2.24, 2.45) is 0 Å². The maximum atomic E-state index is 12.8. The van der Waals surface area contributed by atoms with E-state index in [1.807, 2.05) is 0 Å². The molecule has 0 N–H and O–H groups in total. The van der Waals surface area contributed by atoms with Crippen LogP contribution < -0.4 is 0 Å². The van der Waals surface area contributed by atoms with Crippen LogP contribution in [0.25, 0.3) is 11.1 Å². The minimum Gasteiger partial charge on any atom is -0.166 e. The molecule has 2 aromatic rings. The standard InChI is InChI=1S/C16H12F6/c1-9-3-10(2)5-11(4-9)12-6-13(15(17,18)19)8-14(7-12)16(20,21)22/h3-8H,1-2H3. The Hall–Kier alpha value is -1.98. The van der Waals surface area contributed by atoms with E-state index in [4.69, 9.17) is 0 Å². The first-order valence-electron chi connectivity index (χ1n) is 6.35. The zero-order chi connectivity index (χ0) is 16.7. The number of hydrogen-bond donors (Lipinski definition) is 0. The molecule has 0 spiro atoms. The highest BCUT2D eigenvalue weighted by molar-refractivity contribution is 5.67. The van der Waals surface area contributed by atoms with Gasteiger partial charge < -0.3 is 0 Å². The van der Waals surface area contributed by atoms with Gasteiger partial charge in [0.15, 0.2) is 0 Å². The molecule has 0 aliphatic rings. The molecule has 118 valence electrons. The van der Waals surface area contributed by atoms with Crippen molar-refractivity contribution in [3.05, 3.63) is 58.7 Å². The van der Waals surface area contributed by atoms with Crippen LogP contribution in [0.5, 0.6) is 0 Å². The summed E-state index contributed by atoms with van der Waals surface area (Å²) in [5.41, 5.74) is -0.863. The van der Waals surface area contributed by atoms with Crippen molar-refractivity contribution in [2.45, 2.75) is 26.2 Å². The van der Waals surface area contributed by atoms with Crippen LogP contribution in [0.2, 0.25) is 0 Å². The highest BCUT2D eigenvalue weighted by atomic mass is 19.4. The fourth-order valence-electron chi connectivity index (χ4n) is 2.26. The quantitative estimate of drug-likeness (QED) is 0.565. The predicted molar refractivity (Wildman–Crippen MR) is 71.4 cm³/mol. The molecule has 2 rings (SSSR count). The van der Waals surface area contributed by atoms with E-state index in [9.17, 15) is 26.3 Å². The Labute approximate surface area is 123 Å². The van der Waals surface area contributed by atoms with E-state index in [1.54, 1.807) is 32.0 Å². The summed E-state index contributed by atoms with van der Waals surface area (Å²) in [5, 5.41) is 0. The zero-order valence-corrected chi connectivity index (χ0v) is 11.7. The molecule has 0 aromatic heterocycles. The van der Waals surface area contributed by atoms with E-state index in [-0.39, 0.29) is 11.6 Å². The molecule has 0 bridgehead atoms. The monoisotopic (exact) mass is 318 g/mol. The van der Waals surface area contributed by atoms with Crippen molar-refractivity contribution in [2.75, 3.05) is 0 Å². The normalized spacial score (nSPS) is 12.5. The number of halogens is 6. The van der Waals surface area contributed by atoms with Crippen LogP contribution >= 0.6 is 0 Å². The van der Waals surface area contributed by atoms with Gasteiger partial charge >= 0.3 is 12.4 Å². The van der Waals surface area contributed by atoms with Crippen LogP contribution in [0.1, 0.15) is 22.3 Å². The van der Waals surface area contributed by atoms with Crippen molar-refractivity contribution < 1.29 is 26.3 Å². The number of hydrogen-bond acceptors (Lipinski definition) is 0. The van der Waals surface area contributed by atoms with E-state index in [0.717, 1.165) is 23.3 Å². The lowest BCUT2D eigenvalue weighted by molar-refractivity contribution is -0.143. The molecule has 0 heterocycles. The Morgan fingerprint density at radius 3 is 1.27 bits per heavy atom. The van der Waals surface area contributed by atoms with Gasteiger partial charge in [-0.05, 0) is 43.2 Å². The van der Waals surface area contributed by atoms with Crippen molar-refractivity contribution in [1.29, 1.82) is 0 Å². The highest BCUT2D eigenvalue weighted by Crippen LogP contribution is 2.38. The van der Waals surface area contributed by atoms with Crippen LogP contribution in [0.3, 0.4) is 0 Å². The highest BCUT2D eigenvalue weighted by Gasteiger charge is 2.36. The molecule has 2 aromatic carbocycles. The third kappa shape index (κ3) is 3.61. The summed E-state index contributed by atoms with van der Waals surface area (Å²) in [7, 11) is 0. The fourth-order valence-corrected chi connectivity index (χ4v) is 2.26. The molecule has 0 nitrogen and oxygen atoms in total. The van der Waals surface area contributed by atoms with Crippen molar-refractivity contribution in [3.8, 4) is 11.1 Å². The molecule has 0 unspecified atom stereocenters. The van der Waals surface area contributed by atoms with E-state index in [1.165, 1.54) is 0 Å². The van der Waals surface area contributed by atoms with E-state index >= 15 is 0 Å². The topological polar surface area (TPSA) is 0 Å². The lowest BCUT2D eigenvalue weighted by Gasteiger charge is -2.15. The van der Waals surface area contributed by atoms with Gasteiger partial charge in [0.25, 0.3) is 0 Å². The molecule has 0 saturated heterocycles. The van der Waals surface area contributed by atoms with Gasteiger partial charge in [-0.3, -0.25) is 0 Å². The SMILES string of the molecule is Cc1cc(C)cc(-c2cc(C(F)(F)F)cc(C(F)(F)F)c2)c1. The average Bonchev–Trinajstić information content (AvgIpc) is 2.35. The van der Waals surface area contributed by atoms with Gasteiger partial charge in [0.1, 0.15) is 0 Å². The fraction of sp³-hybridized carbons (Fsp3) is 0.250. The Balaban J connectivity index is 2.70. The van der Waals surface area contributed by atoms with Gasteiger partial charge in [-0.25, -0.2) is 0 Å². The molecule has 0 amide bonds. The lowest BCUT2D eigenvalue weighted by Crippen LogP contribution is -2.11. The molecule has 0 atom stereocenters. The first-order chi connectivity index (χ1) is 9.96. The van der Waals surface area contributed by atoms with Crippen LogP contribution in [0, 0.1) is 13.8 Å². The number of aryl methyl sites for hydroxylation is 2. The van der Waals surface area contributed by atoms with Gasteiger partial charge in [0.2, 0.25) is 0 Å². The maximum absolute atomic E-state index is 12.8. The third-order valence-corrected chi connectivity index (χ3v) is 3.14. The third-order valence-electron chi connectivity index (χ3n) is 3.14. The summed E-state index contributed by atoms with van der Waals surface area (Å²) in [6.07, 6.45) is -9.68. The van der Waals surface area contributed by atoms with Gasteiger partial charge in [-0.15, -0.1) is 0 Å². The summed E-state index contributed by atoms with van der Waals surface area (Å²) >= 11 is 0. The molecule has 0 radical (unpaired) electrons. The molecule has 0 fully saturated rings. The van der Waals surface area contributed by atoms with Crippen LogP contribution in [-0.4, -0.2) is 0 Å². The van der Waals surface area contributed by atoms with Gasteiger partial charge in [-0.2, -0.15) is 26.3 Å². The van der Waals surface area contributed by atoms with E-state index < -0.39 is 23.5 Å². The molecule has 0 saturated carbocycles. The Morgan fingerprint density at radius 2 is 0.909 bits per heavy atom. The molecular weight excluding hydrogens is 306 g/mol. The molecule has 22 heavy (non-hydrogen) atoms. The second kappa shape index (κ2) is 5.34. The summed E-state index contributed by atoms with van der Waals surface area (Å²) in [6.45, 7) is 3.46. The number of benzene rings is 2. The van der Waals surface area contributed by atoms with Gasteiger partial charge in [0, 0.05) is 0 Å². The van der Waals surface area contributed by atoms with Crippen LogP contribution in [-0.2, 0) is 12.4 Å². The van der Waals surface area contributed by atoms with Crippen molar-refractivity contribution in [1.82, 2.24) is 0 Å². The molecule has 6 heteroatoms. The minimum atomic E-state index is -4.84. The predicted octanol–water partition coefficient (Wildman–Crippen LogP) is 6.01. The Bertz CT molecular complexity index is 642. The van der Waals surface area contributed by atoms with Crippen molar-refractivity contribution >= 4 is 0 Å². The molecule has 0 aliphatic heterocycles. The number of rotatable bonds is 1. The first-order valence-corrected chi connectivity index (χ1v) is 6.35. The summed E-state index contributed by atoms with van der Waals surface area (Å²) in [5.74, 6) is 0. The largest absolute Gasteiger partial charge is 0.416 e. The average molecular weight is 318 g/mol. The van der Waals surface area contributed by atoms with Gasteiger partial charge in [-0.1, -0.05) is 29.3 Å². The second-order valence-corrected chi connectivity index (χ2v) is 5.17. The van der Waals surface area contributed by atoms with Crippen LogP contribution in [0.15, 0.2) is 36.4 Å². The van der Waals surface area contributed by atoms with E-state index in [0.29, 0.717) is 5.56 Å². The Kier molecular flexibility index (Phi) is 3.98. The van der Waals surface area contributed by atoms with Gasteiger partial charge in [0.05, 0.1) is 11.1 Å². The smallest absolute Gasteiger partial charge is 0.166 e. The maximum Gasteiger partial charge on any atom is 0.416 e.